The van der Waals surface area contributed by atoms with Gasteiger partial charge in [-0.3, -0.25) is 4.79 Å². The minimum Gasteiger partial charge on any atom is -0.349 e. The average molecular weight is 278 g/mol. The van der Waals surface area contributed by atoms with Crippen molar-refractivity contribution in [1.29, 1.82) is 5.26 Å². The number of hydrogen-bond acceptors (Lipinski definition) is 2. The highest BCUT2D eigenvalue weighted by Gasteiger charge is 2.39. The highest BCUT2D eigenvalue weighted by molar-refractivity contribution is 6.00. The maximum atomic E-state index is 12.3. The van der Waals surface area contributed by atoms with Gasteiger partial charge in [-0.05, 0) is 17.7 Å². The minimum absolute atomic E-state index is 0.231. The lowest BCUT2D eigenvalue weighted by Gasteiger charge is -2.05. The molecule has 20 heavy (non-hydrogen) atoms. The third kappa shape index (κ3) is 2.88. The van der Waals surface area contributed by atoms with Gasteiger partial charge >= 0.3 is 6.18 Å². The second-order valence-electron chi connectivity index (χ2n) is 4.17. The zero-order valence-corrected chi connectivity index (χ0v) is 10.2. The Labute approximate surface area is 112 Å². The fourth-order valence-corrected chi connectivity index (χ4v) is 1.80. The molecule has 6 heteroatoms. The molecule has 3 nitrogen and oxygen atoms in total. The van der Waals surface area contributed by atoms with Gasteiger partial charge in [0.15, 0.2) is 0 Å². The highest BCUT2D eigenvalue weighted by atomic mass is 19.4. The first kappa shape index (κ1) is 13.9. The Morgan fingerprint density at radius 3 is 2.60 bits per heavy atom. The third-order valence-electron chi connectivity index (χ3n) is 2.76. The third-order valence-corrected chi connectivity index (χ3v) is 2.76. The van der Waals surface area contributed by atoms with E-state index in [4.69, 9.17) is 5.26 Å². The number of aromatic nitrogens is 1. The SMILES string of the molecule is N#Cc1ccccc1Cn1ccc(C(=O)C(F)(F)F)c1. The topological polar surface area (TPSA) is 45.8 Å². The van der Waals surface area contributed by atoms with Crippen LogP contribution in [0.2, 0.25) is 0 Å². The van der Waals surface area contributed by atoms with Crippen molar-refractivity contribution in [3.63, 3.8) is 0 Å². The Balaban J connectivity index is 2.23. The zero-order chi connectivity index (χ0) is 14.8. The molecule has 0 aliphatic carbocycles. The molecule has 0 atom stereocenters. The molecular weight excluding hydrogens is 269 g/mol. The van der Waals surface area contributed by atoms with Crippen LogP contribution in [-0.2, 0) is 6.54 Å². The highest BCUT2D eigenvalue weighted by Crippen LogP contribution is 2.22. The Hall–Kier alpha value is -2.55. The van der Waals surface area contributed by atoms with E-state index >= 15 is 0 Å². The Kier molecular flexibility index (Phi) is 3.61. The molecule has 1 aromatic carbocycles. The van der Waals surface area contributed by atoms with Crippen molar-refractivity contribution in [3.8, 4) is 6.07 Å². The molecule has 0 N–H and O–H groups in total. The monoisotopic (exact) mass is 278 g/mol. The zero-order valence-electron chi connectivity index (χ0n) is 10.2. The first-order valence-corrected chi connectivity index (χ1v) is 5.67. The molecule has 0 amide bonds. The van der Waals surface area contributed by atoms with Gasteiger partial charge in [0.1, 0.15) is 0 Å². The first-order chi connectivity index (χ1) is 9.41. The lowest BCUT2D eigenvalue weighted by Crippen LogP contribution is -2.22. The number of nitriles is 1. The van der Waals surface area contributed by atoms with Crippen LogP contribution in [0, 0.1) is 11.3 Å². The first-order valence-electron chi connectivity index (χ1n) is 5.67. The Morgan fingerprint density at radius 1 is 1.25 bits per heavy atom. The molecule has 2 aromatic rings. The largest absolute Gasteiger partial charge is 0.454 e. The van der Waals surface area contributed by atoms with Crippen LogP contribution in [0.25, 0.3) is 0 Å². The lowest BCUT2D eigenvalue weighted by molar-refractivity contribution is -0.0885. The van der Waals surface area contributed by atoms with Crippen LogP contribution >= 0.6 is 0 Å². The van der Waals surface area contributed by atoms with E-state index in [1.165, 1.54) is 10.8 Å². The molecule has 0 fully saturated rings. The molecule has 0 aliphatic heterocycles. The second-order valence-corrected chi connectivity index (χ2v) is 4.17. The van der Waals surface area contributed by atoms with Gasteiger partial charge in [-0.25, -0.2) is 0 Å². The molecule has 2 rings (SSSR count). The minimum atomic E-state index is -4.88. The summed E-state index contributed by atoms with van der Waals surface area (Å²) in [5, 5.41) is 8.93. The van der Waals surface area contributed by atoms with Gasteiger partial charge in [0.25, 0.3) is 5.78 Å². The number of benzene rings is 1. The fraction of sp³-hybridized carbons (Fsp3) is 0.143. The number of carbonyl (C=O) groups excluding carboxylic acids is 1. The molecule has 0 unspecified atom stereocenters. The van der Waals surface area contributed by atoms with Crippen molar-refractivity contribution in [3.05, 3.63) is 59.4 Å². The summed E-state index contributed by atoms with van der Waals surface area (Å²) < 4.78 is 38.3. The van der Waals surface area contributed by atoms with Gasteiger partial charge in [0, 0.05) is 24.5 Å². The molecule has 102 valence electrons. The summed E-state index contributed by atoms with van der Waals surface area (Å²) in [5.74, 6) is -1.87. The van der Waals surface area contributed by atoms with Gasteiger partial charge in [-0.1, -0.05) is 18.2 Å². The van der Waals surface area contributed by atoms with Crippen molar-refractivity contribution < 1.29 is 18.0 Å². The molecule has 0 saturated heterocycles. The normalized spacial score (nSPS) is 11.1. The summed E-state index contributed by atoms with van der Waals surface area (Å²) in [6, 6.07) is 9.91. The molecule has 0 aliphatic rings. The predicted molar refractivity (Wildman–Crippen MR) is 65.1 cm³/mol. The molecule has 1 aromatic heterocycles. The van der Waals surface area contributed by atoms with Crippen LogP contribution < -0.4 is 0 Å². The van der Waals surface area contributed by atoms with Crippen LogP contribution in [0.15, 0.2) is 42.7 Å². The quantitative estimate of drug-likeness (QED) is 0.810. The molecule has 0 bridgehead atoms. The smallest absolute Gasteiger partial charge is 0.349 e. The Morgan fingerprint density at radius 2 is 1.95 bits per heavy atom. The molecule has 1 heterocycles. The number of ketones is 1. The number of hydrogen-bond donors (Lipinski definition) is 0. The van der Waals surface area contributed by atoms with Crippen molar-refractivity contribution in [2.75, 3.05) is 0 Å². The van der Waals surface area contributed by atoms with Crippen molar-refractivity contribution in [2.45, 2.75) is 12.7 Å². The van der Waals surface area contributed by atoms with Crippen LogP contribution in [0.5, 0.6) is 0 Å². The summed E-state index contributed by atoms with van der Waals surface area (Å²) in [6.07, 6.45) is -2.37. The van der Waals surface area contributed by atoms with Crippen LogP contribution in [0.1, 0.15) is 21.5 Å². The number of alkyl halides is 3. The predicted octanol–water partition coefficient (Wildman–Crippen LogP) is 3.15. The number of rotatable bonds is 3. The Bertz CT molecular complexity index is 680. The summed E-state index contributed by atoms with van der Waals surface area (Å²) in [6.45, 7) is 0.231. The number of nitrogens with zero attached hydrogens (tertiary/aromatic N) is 2. The second kappa shape index (κ2) is 5.21. The van der Waals surface area contributed by atoms with E-state index < -0.39 is 17.5 Å². The van der Waals surface area contributed by atoms with E-state index in [1.54, 1.807) is 24.3 Å². The van der Waals surface area contributed by atoms with E-state index in [-0.39, 0.29) is 6.54 Å². The van der Waals surface area contributed by atoms with Crippen LogP contribution in [-0.4, -0.2) is 16.5 Å². The van der Waals surface area contributed by atoms with Gasteiger partial charge in [0.2, 0.25) is 0 Å². The summed E-state index contributed by atoms with van der Waals surface area (Å²) in [4.78, 5) is 11.1. The number of Topliss-reactive ketones (excluding diaryl/α,β-unsaturated/α-hetero) is 1. The molecule has 0 radical (unpaired) electrons. The summed E-state index contributed by atoms with van der Waals surface area (Å²) in [5.41, 5.74) is 0.716. The number of halogens is 3. The van der Waals surface area contributed by atoms with Crippen LogP contribution in [0.4, 0.5) is 13.2 Å². The van der Waals surface area contributed by atoms with Crippen LogP contribution in [0.3, 0.4) is 0 Å². The van der Waals surface area contributed by atoms with E-state index in [9.17, 15) is 18.0 Å². The van der Waals surface area contributed by atoms with E-state index in [1.807, 2.05) is 6.07 Å². The van der Waals surface area contributed by atoms with Gasteiger partial charge < -0.3 is 4.57 Å². The maximum Gasteiger partial charge on any atom is 0.454 e. The fourth-order valence-electron chi connectivity index (χ4n) is 1.80. The van der Waals surface area contributed by atoms with Crippen molar-refractivity contribution >= 4 is 5.78 Å². The van der Waals surface area contributed by atoms with E-state index in [0.29, 0.717) is 11.1 Å². The summed E-state index contributed by atoms with van der Waals surface area (Å²) in [7, 11) is 0. The molecule has 0 spiro atoms. The van der Waals surface area contributed by atoms with Crippen molar-refractivity contribution in [2.24, 2.45) is 0 Å². The van der Waals surface area contributed by atoms with Gasteiger partial charge in [-0.2, -0.15) is 18.4 Å². The summed E-state index contributed by atoms with van der Waals surface area (Å²) >= 11 is 0. The molecular formula is C14H9F3N2O. The maximum absolute atomic E-state index is 12.3. The van der Waals surface area contributed by atoms with E-state index in [0.717, 1.165) is 12.3 Å². The molecule has 0 saturated carbocycles. The standard InChI is InChI=1S/C14H9F3N2O/c15-14(16,17)13(20)12-5-6-19(9-12)8-11-4-2-1-3-10(11)7-18/h1-6,9H,8H2. The number of carbonyl (C=O) groups is 1. The lowest BCUT2D eigenvalue weighted by atomic mass is 10.1. The van der Waals surface area contributed by atoms with E-state index in [2.05, 4.69) is 0 Å². The average Bonchev–Trinajstić information content (AvgIpc) is 2.86. The van der Waals surface area contributed by atoms with Crippen molar-refractivity contribution in [1.82, 2.24) is 4.57 Å². The van der Waals surface area contributed by atoms with Gasteiger partial charge in [0.05, 0.1) is 11.6 Å². The van der Waals surface area contributed by atoms with Gasteiger partial charge in [-0.15, -0.1) is 0 Å².